The van der Waals surface area contributed by atoms with Crippen LogP contribution >= 0.6 is 0 Å². The smallest absolute Gasteiger partial charge is 0.219 e. The van der Waals surface area contributed by atoms with Crippen molar-refractivity contribution < 1.29 is 9.53 Å². The fourth-order valence-corrected chi connectivity index (χ4v) is 4.05. The molecule has 1 aromatic carbocycles. The second-order valence-corrected chi connectivity index (χ2v) is 7.59. The van der Waals surface area contributed by atoms with Crippen LogP contribution in [0.3, 0.4) is 0 Å². The minimum atomic E-state index is 0.0509. The number of hydrogen-bond acceptors (Lipinski definition) is 5. The van der Waals surface area contributed by atoms with Crippen molar-refractivity contribution in [2.75, 3.05) is 26.3 Å². The predicted molar refractivity (Wildman–Crippen MR) is 108 cm³/mol. The number of carbonyl (C=O) groups is 1. The number of carbonyl (C=O) groups excluding carboxylic acids is 1. The molecule has 7 nitrogen and oxygen atoms in total. The Morgan fingerprint density at radius 1 is 1.32 bits per heavy atom. The molecule has 0 bridgehead atoms. The lowest BCUT2D eigenvalue weighted by molar-refractivity contribution is -0.128. The lowest BCUT2D eigenvalue weighted by Crippen LogP contribution is -2.43. The number of nitrogens with zero attached hydrogens (tertiary/aromatic N) is 3. The Kier molecular flexibility index (Phi) is 5.17. The minimum Gasteiger partial charge on any atom is -0.385 e. The van der Waals surface area contributed by atoms with Crippen molar-refractivity contribution in [2.24, 2.45) is 7.05 Å². The number of rotatable bonds is 4. The van der Waals surface area contributed by atoms with Gasteiger partial charge in [0.1, 0.15) is 0 Å². The molecule has 2 N–H and O–H groups in total. The first-order chi connectivity index (χ1) is 13.5. The normalized spacial score (nSPS) is 18.6. The van der Waals surface area contributed by atoms with Crippen molar-refractivity contribution in [3.63, 3.8) is 0 Å². The molecule has 1 fully saturated rings. The zero-order valence-corrected chi connectivity index (χ0v) is 16.5. The Morgan fingerprint density at radius 3 is 2.86 bits per heavy atom. The number of aromatic nitrogens is 2. The molecule has 0 atom stereocenters. The third-order valence-corrected chi connectivity index (χ3v) is 5.63. The van der Waals surface area contributed by atoms with Gasteiger partial charge >= 0.3 is 0 Å². The van der Waals surface area contributed by atoms with E-state index in [0.29, 0.717) is 24.8 Å². The SMILES string of the molecule is CC(=O)N1CCC(NC2CCOCC2)=C(C(=N)c2cccc3nn(C)cc23)C1. The highest BCUT2D eigenvalue weighted by Gasteiger charge is 2.27. The van der Waals surface area contributed by atoms with E-state index >= 15 is 0 Å². The molecule has 28 heavy (non-hydrogen) atoms. The molecule has 3 heterocycles. The van der Waals surface area contributed by atoms with Crippen LogP contribution in [0.4, 0.5) is 0 Å². The van der Waals surface area contributed by atoms with E-state index in [1.165, 1.54) is 0 Å². The summed E-state index contributed by atoms with van der Waals surface area (Å²) >= 11 is 0. The summed E-state index contributed by atoms with van der Waals surface area (Å²) in [5.74, 6) is 0.0509. The van der Waals surface area contributed by atoms with Crippen LogP contribution in [0, 0.1) is 5.41 Å². The summed E-state index contributed by atoms with van der Waals surface area (Å²) in [5, 5.41) is 18.1. The number of fused-ring (bicyclic) bond motifs is 1. The molecule has 1 saturated heterocycles. The molecule has 2 aliphatic heterocycles. The number of ether oxygens (including phenoxy) is 1. The molecule has 1 aromatic heterocycles. The van der Waals surface area contributed by atoms with E-state index in [4.69, 9.17) is 10.1 Å². The number of amides is 1. The molecule has 0 unspecified atom stereocenters. The summed E-state index contributed by atoms with van der Waals surface area (Å²) in [6.45, 7) is 4.30. The highest BCUT2D eigenvalue weighted by Crippen LogP contribution is 2.26. The zero-order valence-electron chi connectivity index (χ0n) is 16.5. The van der Waals surface area contributed by atoms with Crippen molar-refractivity contribution in [3.8, 4) is 0 Å². The molecule has 2 aliphatic rings. The Labute approximate surface area is 164 Å². The Morgan fingerprint density at radius 2 is 2.11 bits per heavy atom. The van der Waals surface area contributed by atoms with E-state index in [2.05, 4.69) is 10.4 Å². The average molecular weight is 381 g/mol. The first-order valence-electron chi connectivity index (χ1n) is 9.86. The van der Waals surface area contributed by atoms with Crippen LogP contribution in [-0.4, -0.2) is 58.6 Å². The van der Waals surface area contributed by atoms with Crippen molar-refractivity contribution in [2.45, 2.75) is 32.2 Å². The zero-order chi connectivity index (χ0) is 19.7. The van der Waals surface area contributed by atoms with Crippen molar-refractivity contribution in [1.29, 1.82) is 5.41 Å². The van der Waals surface area contributed by atoms with Gasteiger partial charge in [-0.1, -0.05) is 12.1 Å². The van der Waals surface area contributed by atoms with Crippen molar-refractivity contribution in [3.05, 3.63) is 41.2 Å². The van der Waals surface area contributed by atoms with Crippen LogP contribution in [0.15, 0.2) is 35.7 Å². The summed E-state index contributed by atoms with van der Waals surface area (Å²) in [6, 6.07) is 6.24. The molecule has 4 rings (SSSR count). The summed E-state index contributed by atoms with van der Waals surface area (Å²) in [5.41, 5.74) is 4.21. The van der Waals surface area contributed by atoms with E-state index in [1.807, 2.05) is 36.3 Å². The Balaban J connectivity index is 1.71. The Hall–Kier alpha value is -2.67. The van der Waals surface area contributed by atoms with Gasteiger partial charge in [0.05, 0.1) is 11.2 Å². The van der Waals surface area contributed by atoms with Gasteiger partial charge in [0.15, 0.2) is 0 Å². The van der Waals surface area contributed by atoms with Gasteiger partial charge in [-0.25, -0.2) is 0 Å². The third kappa shape index (κ3) is 3.67. The van der Waals surface area contributed by atoms with Gasteiger partial charge in [-0.3, -0.25) is 14.9 Å². The highest BCUT2D eigenvalue weighted by molar-refractivity contribution is 6.18. The van der Waals surface area contributed by atoms with E-state index in [1.54, 1.807) is 11.6 Å². The molecule has 1 amide bonds. The van der Waals surface area contributed by atoms with E-state index in [9.17, 15) is 4.79 Å². The van der Waals surface area contributed by atoms with Gasteiger partial charge in [-0.15, -0.1) is 0 Å². The maximum absolute atomic E-state index is 12.0. The summed E-state index contributed by atoms with van der Waals surface area (Å²) in [6.07, 6.45) is 4.64. The van der Waals surface area contributed by atoms with E-state index in [0.717, 1.165) is 60.2 Å². The predicted octanol–water partition coefficient (Wildman–Crippen LogP) is 2.22. The maximum atomic E-state index is 12.0. The van der Waals surface area contributed by atoms with Crippen LogP contribution < -0.4 is 5.32 Å². The van der Waals surface area contributed by atoms with Crippen molar-refractivity contribution in [1.82, 2.24) is 20.0 Å². The monoisotopic (exact) mass is 381 g/mol. The summed E-state index contributed by atoms with van der Waals surface area (Å²) < 4.78 is 7.25. The van der Waals surface area contributed by atoms with Crippen LogP contribution in [0.2, 0.25) is 0 Å². The fraction of sp³-hybridized carbons (Fsp3) is 0.476. The third-order valence-electron chi connectivity index (χ3n) is 5.63. The van der Waals surface area contributed by atoms with Crippen LogP contribution in [-0.2, 0) is 16.6 Å². The van der Waals surface area contributed by atoms with Gasteiger partial charge in [0.25, 0.3) is 0 Å². The molecular weight excluding hydrogens is 354 g/mol. The van der Waals surface area contributed by atoms with Crippen LogP contribution in [0.25, 0.3) is 10.9 Å². The average Bonchev–Trinajstić information content (AvgIpc) is 3.08. The molecule has 7 heteroatoms. The first-order valence-corrected chi connectivity index (χ1v) is 9.86. The van der Waals surface area contributed by atoms with Gasteiger partial charge in [-0.05, 0) is 18.9 Å². The van der Waals surface area contributed by atoms with Crippen LogP contribution in [0.1, 0.15) is 31.7 Å². The highest BCUT2D eigenvalue weighted by atomic mass is 16.5. The van der Waals surface area contributed by atoms with Gasteiger partial charge in [0, 0.05) is 81.2 Å². The van der Waals surface area contributed by atoms with Gasteiger partial charge in [0.2, 0.25) is 5.91 Å². The van der Waals surface area contributed by atoms with Gasteiger partial charge in [-0.2, -0.15) is 5.10 Å². The molecule has 0 saturated carbocycles. The van der Waals surface area contributed by atoms with Gasteiger partial charge < -0.3 is 15.0 Å². The standard InChI is InChI=1S/C21H27N5O2/c1-14(27)26-9-6-19(23-15-7-10-28-11-8-15)18(13-26)21(22)16-4-3-5-20-17(16)12-25(2)24-20/h3-5,12,15,22-23H,6-11,13H2,1-2H3. The molecule has 0 radical (unpaired) electrons. The lowest BCUT2D eigenvalue weighted by atomic mass is 9.93. The molecular formula is C21H27N5O2. The van der Waals surface area contributed by atoms with Crippen molar-refractivity contribution >= 4 is 22.5 Å². The number of hydrogen-bond donors (Lipinski definition) is 2. The van der Waals surface area contributed by atoms with E-state index < -0.39 is 0 Å². The Bertz CT molecular complexity index is 939. The second kappa shape index (κ2) is 7.75. The van der Waals surface area contributed by atoms with E-state index in [-0.39, 0.29) is 5.91 Å². The summed E-state index contributed by atoms with van der Waals surface area (Å²) in [7, 11) is 1.89. The summed E-state index contributed by atoms with van der Waals surface area (Å²) in [4.78, 5) is 13.8. The largest absolute Gasteiger partial charge is 0.385 e. The lowest BCUT2D eigenvalue weighted by Gasteiger charge is -2.34. The number of nitrogens with one attached hydrogen (secondary N) is 2. The molecule has 0 aliphatic carbocycles. The molecule has 0 spiro atoms. The second-order valence-electron chi connectivity index (χ2n) is 7.59. The number of aryl methyl sites for hydroxylation is 1. The molecule has 148 valence electrons. The number of benzene rings is 1. The quantitative estimate of drug-likeness (QED) is 0.796. The molecule has 2 aromatic rings. The first kappa shape index (κ1) is 18.7. The minimum absolute atomic E-state index is 0.0509. The topological polar surface area (TPSA) is 83.2 Å². The fourth-order valence-electron chi connectivity index (χ4n) is 4.05. The van der Waals surface area contributed by atoms with Crippen LogP contribution in [0.5, 0.6) is 0 Å². The maximum Gasteiger partial charge on any atom is 0.219 e.